The SMILES string of the molecule is Cc1cc(CNS(=O)(=O)c2c(C)n[nH]c2C)on1. The number of hydrogen-bond acceptors (Lipinski definition) is 5. The molecule has 0 bridgehead atoms. The van der Waals surface area contributed by atoms with Crippen molar-refractivity contribution < 1.29 is 12.9 Å². The Hall–Kier alpha value is -1.67. The molecule has 0 unspecified atom stereocenters. The van der Waals surface area contributed by atoms with E-state index in [9.17, 15) is 8.42 Å². The van der Waals surface area contributed by atoms with E-state index >= 15 is 0 Å². The highest BCUT2D eigenvalue weighted by Crippen LogP contribution is 2.16. The van der Waals surface area contributed by atoms with Crippen molar-refractivity contribution in [1.82, 2.24) is 20.1 Å². The van der Waals surface area contributed by atoms with Crippen LogP contribution in [0.15, 0.2) is 15.5 Å². The van der Waals surface area contributed by atoms with Gasteiger partial charge in [-0.15, -0.1) is 0 Å². The lowest BCUT2D eigenvalue weighted by Gasteiger charge is -2.04. The minimum Gasteiger partial charge on any atom is -0.360 e. The lowest BCUT2D eigenvalue weighted by Crippen LogP contribution is -2.24. The lowest BCUT2D eigenvalue weighted by molar-refractivity contribution is 0.377. The highest BCUT2D eigenvalue weighted by molar-refractivity contribution is 7.89. The lowest BCUT2D eigenvalue weighted by atomic mass is 10.4. The molecule has 0 radical (unpaired) electrons. The quantitative estimate of drug-likeness (QED) is 0.855. The van der Waals surface area contributed by atoms with Crippen molar-refractivity contribution in [2.75, 3.05) is 0 Å². The Balaban J connectivity index is 2.18. The Labute approximate surface area is 105 Å². The largest absolute Gasteiger partial charge is 0.360 e. The topological polar surface area (TPSA) is 101 Å². The van der Waals surface area contributed by atoms with E-state index in [0.29, 0.717) is 22.8 Å². The van der Waals surface area contributed by atoms with Gasteiger partial charge in [0.1, 0.15) is 4.90 Å². The van der Waals surface area contributed by atoms with Crippen LogP contribution in [0.1, 0.15) is 22.8 Å². The number of rotatable bonds is 4. The predicted octanol–water partition coefficient (Wildman–Crippen LogP) is 0.801. The van der Waals surface area contributed by atoms with Crippen molar-refractivity contribution >= 4 is 10.0 Å². The van der Waals surface area contributed by atoms with Gasteiger partial charge in [-0.3, -0.25) is 5.10 Å². The summed E-state index contributed by atoms with van der Waals surface area (Å²) >= 11 is 0. The van der Waals surface area contributed by atoms with E-state index in [0.717, 1.165) is 0 Å². The minimum absolute atomic E-state index is 0.0627. The van der Waals surface area contributed by atoms with Gasteiger partial charge in [0.15, 0.2) is 5.76 Å². The number of aromatic amines is 1. The van der Waals surface area contributed by atoms with Crippen molar-refractivity contribution in [3.8, 4) is 0 Å². The molecule has 2 N–H and O–H groups in total. The second-order valence-corrected chi connectivity index (χ2v) is 5.73. The summed E-state index contributed by atoms with van der Waals surface area (Å²) < 4.78 is 31.6. The zero-order chi connectivity index (χ0) is 13.3. The van der Waals surface area contributed by atoms with Crippen LogP contribution in [0.4, 0.5) is 0 Å². The third-order valence-corrected chi connectivity index (χ3v) is 4.11. The van der Waals surface area contributed by atoms with Crippen LogP contribution in [-0.4, -0.2) is 23.8 Å². The summed E-state index contributed by atoms with van der Waals surface area (Å²) in [5.41, 5.74) is 1.65. The number of aromatic nitrogens is 3. The van der Waals surface area contributed by atoms with E-state index in [1.165, 1.54) is 0 Å². The molecule has 0 atom stereocenters. The molecule has 2 aromatic heterocycles. The Morgan fingerprint density at radius 3 is 2.61 bits per heavy atom. The van der Waals surface area contributed by atoms with Crippen molar-refractivity contribution in [3.63, 3.8) is 0 Å². The molecule has 0 aliphatic heterocycles. The Bertz CT molecular complexity index is 637. The maximum Gasteiger partial charge on any atom is 0.244 e. The summed E-state index contributed by atoms with van der Waals surface area (Å²) in [6.07, 6.45) is 0. The minimum atomic E-state index is -3.60. The van der Waals surface area contributed by atoms with Gasteiger partial charge in [0.25, 0.3) is 0 Å². The van der Waals surface area contributed by atoms with Gasteiger partial charge < -0.3 is 4.52 Å². The molecule has 0 aliphatic rings. The van der Waals surface area contributed by atoms with Gasteiger partial charge in [0.2, 0.25) is 10.0 Å². The number of aryl methyl sites for hydroxylation is 3. The van der Waals surface area contributed by atoms with Crippen LogP contribution in [-0.2, 0) is 16.6 Å². The van der Waals surface area contributed by atoms with Crippen molar-refractivity contribution in [2.45, 2.75) is 32.2 Å². The summed E-state index contributed by atoms with van der Waals surface area (Å²) in [7, 11) is -3.60. The highest BCUT2D eigenvalue weighted by atomic mass is 32.2. The molecular formula is C10H14N4O3S. The monoisotopic (exact) mass is 270 g/mol. The van der Waals surface area contributed by atoms with E-state index in [1.54, 1.807) is 26.8 Å². The van der Waals surface area contributed by atoms with Crippen molar-refractivity contribution in [3.05, 3.63) is 28.9 Å². The fraction of sp³-hybridized carbons (Fsp3) is 0.400. The van der Waals surface area contributed by atoms with Crippen LogP contribution >= 0.6 is 0 Å². The molecule has 98 valence electrons. The van der Waals surface area contributed by atoms with Crippen LogP contribution < -0.4 is 4.72 Å². The third-order valence-electron chi connectivity index (χ3n) is 2.44. The van der Waals surface area contributed by atoms with E-state index in [4.69, 9.17) is 4.52 Å². The smallest absolute Gasteiger partial charge is 0.244 e. The molecule has 2 aromatic rings. The molecule has 7 nitrogen and oxygen atoms in total. The first kappa shape index (κ1) is 12.8. The first-order valence-corrected chi connectivity index (χ1v) is 6.82. The summed E-state index contributed by atoms with van der Waals surface area (Å²) in [6.45, 7) is 5.13. The molecule has 0 aliphatic carbocycles. The number of nitrogens with zero attached hydrogens (tertiary/aromatic N) is 2. The highest BCUT2D eigenvalue weighted by Gasteiger charge is 2.22. The average molecular weight is 270 g/mol. The molecule has 0 amide bonds. The van der Waals surface area contributed by atoms with Gasteiger partial charge in [-0.1, -0.05) is 5.16 Å². The molecule has 2 rings (SSSR count). The van der Waals surface area contributed by atoms with Gasteiger partial charge in [-0.2, -0.15) is 5.10 Å². The first-order chi connectivity index (χ1) is 8.40. The molecule has 0 fully saturated rings. The van der Waals surface area contributed by atoms with Crippen molar-refractivity contribution in [1.29, 1.82) is 0 Å². The number of hydrogen-bond donors (Lipinski definition) is 2. The predicted molar refractivity (Wildman–Crippen MR) is 63.3 cm³/mol. The summed E-state index contributed by atoms with van der Waals surface area (Å²) in [4.78, 5) is 0.179. The normalized spacial score (nSPS) is 11.9. The molecule has 2 heterocycles. The van der Waals surface area contributed by atoms with Gasteiger partial charge in [-0.25, -0.2) is 13.1 Å². The molecule has 8 heteroatoms. The fourth-order valence-corrected chi connectivity index (χ4v) is 3.03. The van der Waals surface area contributed by atoms with Crippen LogP contribution in [0.5, 0.6) is 0 Å². The first-order valence-electron chi connectivity index (χ1n) is 5.33. The van der Waals surface area contributed by atoms with Crippen LogP contribution in [0.25, 0.3) is 0 Å². The zero-order valence-electron chi connectivity index (χ0n) is 10.3. The van der Waals surface area contributed by atoms with Gasteiger partial charge in [0, 0.05) is 6.07 Å². The standard InChI is InChI=1S/C10H14N4O3S/c1-6-4-9(17-14-6)5-11-18(15,16)10-7(2)12-13-8(10)3/h4,11H,5H2,1-3H3,(H,12,13). The van der Waals surface area contributed by atoms with Gasteiger partial charge in [0.05, 0.1) is 23.6 Å². The number of nitrogens with one attached hydrogen (secondary N) is 2. The Kier molecular flexibility index (Phi) is 3.22. The summed E-state index contributed by atoms with van der Waals surface area (Å²) in [6, 6.07) is 1.68. The molecule has 0 aromatic carbocycles. The molecule has 0 saturated heterocycles. The average Bonchev–Trinajstić information content (AvgIpc) is 2.83. The third kappa shape index (κ3) is 2.44. The second kappa shape index (κ2) is 4.54. The maximum absolute atomic E-state index is 12.1. The Morgan fingerprint density at radius 2 is 2.11 bits per heavy atom. The van der Waals surface area contributed by atoms with Gasteiger partial charge in [-0.05, 0) is 20.8 Å². The summed E-state index contributed by atoms with van der Waals surface area (Å²) in [5.74, 6) is 0.467. The fourth-order valence-electron chi connectivity index (χ4n) is 1.67. The molecule has 0 spiro atoms. The second-order valence-electron chi connectivity index (χ2n) is 4.02. The van der Waals surface area contributed by atoms with E-state index < -0.39 is 10.0 Å². The number of H-pyrrole nitrogens is 1. The van der Waals surface area contributed by atoms with Crippen LogP contribution in [0.3, 0.4) is 0 Å². The zero-order valence-corrected chi connectivity index (χ0v) is 11.1. The maximum atomic E-state index is 12.1. The Morgan fingerprint density at radius 1 is 1.39 bits per heavy atom. The molecular weight excluding hydrogens is 256 g/mol. The van der Waals surface area contributed by atoms with Gasteiger partial charge >= 0.3 is 0 Å². The summed E-state index contributed by atoms with van der Waals surface area (Å²) in [5, 5.41) is 10.2. The van der Waals surface area contributed by atoms with Crippen molar-refractivity contribution in [2.24, 2.45) is 0 Å². The van der Waals surface area contributed by atoms with Crippen LogP contribution in [0, 0.1) is 20.8 Å². The van der Waals surface area contributed by atoms with Crippen LogP contribution in [0.2, 0.25) is 0 Å². The molecule has 18 heavy (non-hydrogen) atoms. The van der Waals surface area contributed by atoms with E-state index in [2.05, 4.69) is 20.1 Å². The molecule has 0 saturated carbocycles. The van der Waals surface area contributed by atoms with E-state index in [-0.39, 0.29) is 11.4 Å². The van der Waals surface area contributed by atoms with E-state index in [1.807, 2.05) is 0 Å². The number of sulfonamides is 1.